The van der Waals surface area contributed by atoms with E-state index in [4.69, 9.17) is 4.74 Å². The number of aryl methyl sites for hydroxylation is 2. The van der Waals surface area contributed by atoms with Crippen LogP contribution in [0.2, 0.25) is 0 Å². The molecule has 3 rings (SSSR count). The van der Waals surface area contributed by atoms with Crippen molar-refractivity contribution in [3.63, 3.8) is 0 Å². The first-order valence-electron chi connectivity index (χ1n) is 6.79. The first kappa shape index (κ1) is 14.0. The average Bonchev–Trinajstić information content (AvgIpc) is 3.11. The zero-order chi connectivity index (χ0) is 15.5. The van der Waals surface area contributed by atoms with Crippen LogP contribution in [0.15, 0.2) is 41.8 Å². The summed E-state index contributed by atoms with van der Waals surface area (Å²) in [4.78, 5) is 0. The van der Waals surface area contributed by atoms with Gasteiger partial charge in [-0.1, -0.05) is 12.1 Å². The third-order valence-corrected chi connectivity index (χ3v) is 3.14. The maximum absolute atomic E-state index is 5.20. The fraction of sp³-hybridized carbons (Fsp3) is 0.200. The molecule has 7 heteroatoms. The Morgan fingerprint density at radius 3 is 2.82 bits per heavy atom. The summed E-state index contributed by atoms with van der Waals surface area (Å²) in [5, 5.41) is 16.8. The molecule has 112 valence electrons. The monoisotopic (exact) mass is 296 g/mol. The number of hydrogen-bond acceptors (Lipinski definition) is 5. The molecule has 0 aliphatic heterocycles. The van der Waals surface area contributed by atoms with Gasteiger partial charge in [0, 0.05) is 5.69 Å². The second-order valence-corrected chi connectivity index (χ2v) is 4.84. The Morgan fingerprint density at radius 1 is 1.23 bits per heavy atom. The van der Waals surface area contributed by atoms with Gasteiger partial charge in [-0.15, -0.1) is 10.2 Å². The predicted octanol–water partition coefficient (Wildman–Crippen LogP) is 1.97. The summed E-state index contributed by atoms with van der Waals surface area (Å²) >= 11 is 0. The van der Waals surface area contributed by atoms with E-state index in [2.05, 4.69) is 20.4 Å². The van der Waals surface area contributed by atoms with Gasteiger partial charge in [-0.2, -0.15) is 14.9 Å². The smallest absolute Gasteiger partial charge is 0.273 e. The zero-order valence-corrected chi connectivity index (χ0v) is 12.6. The van der Waals surface area contributed by atoms with E-state index in [0.29, 0.717) is 5.95 Å². The molecule has 2 heterocycles. The van der Waals surface area contributed by atoms with Gasteiger partial charge in [0.05, 0.1) is 19.0 Å². The standard InChI is InChI=1S/C15H16N6O/c1-11-7-12(2)21(19-11)15-18-16-10-20(15)17-9-13-5-4-6-14(8-13)22-3/h4-10H,1-3H3/b17-9-. The van der Waals surface area contributed by atoms with Gasteiger partial charge in [0.1, 0.15) is 12.1 Å². The van der Waals surface area contributed by atoms with E-state index in [0.717, 1.165) is 22.7 Å². The van der Waals surface area contributed by atoms with E-state index in [9.17, 15) is 0 Å². The van der Waals surface area contributed by atoms with Crippen LogP contribution >= 0.6 is 0 Å². The lowest BCUT2D eigenvalue weighted by Crippen LogP contribution is -2.06. The minimum atomic E-state index is 0.546. The Kier molecular flexibility index (Phi) is 3.69. The first-order chi connectivity index (χ1) is 10.7. The number of aromatic nitrogens is 5. The van der Waals surface area contributed by atoms with Crippen LogP contribution < -0.4 is 4.74 Å². The van der Waals surface area contributed by atoms with Gasteiger partial charge in [-0.05, 0) is 37.6 Å². The van der Waals surface area contributed by atoms with Crippen LogP contribution in [0.4, 0.5) is 0 Å². The van der Waals surface area contributed by atoms with Gasteiger partial charge < -0.3 is 4.74 Å². The molecule has 0 aliphatic rings. The minimum absolute atomic E-state index is 0.546. The Morgan fingerprint density at radius 2 is 2.09 bits per heavy atom. The van der Waals surface area contributed by atoms with Crippen molar-refractivity contribution in [2.75, 3.05) is 7.11 Å². The first-order valence-corrected chi connectivity index (χ1v) is 6.79. The summed E-state index contributed by atoms with van der Waals surface area (Å²) in [6, 6.07) is 9.62. The molecule has 0 saturated carbocycles. The highest BCUT2D eigenvalue weighted by molar-refractivity contribution is 5.80. The molecule has 0 unspecified atom stereocenters. The molecule has 0 radical (unpaired) electrons. The molecule has 0 spiro atoms. The van der Waals surface area contributed by atoms with Gasteiger partial charge in [0.2, 0.25) is 0 Å². The fourth-order valence-corrected chi connectivity index (χ4v) is 2.13. The van der Waals surface area contributed by atoms with E-state index in [1.54, 1.807) is 29.0 Å². The topological polar surface area (TPSA) is 70.1 Å². The normalized spacial score (nSPS) is 11.2. The lowest BCUT2D eigenvalue weighted by molar-refractivity contribution is 0.415. The summed E-state index contributed by atoms with van der Waals surface area (Å²) in [5.41, 5.74) is 2.82. The molecule has 7 nitrogen and oxygen atoms in total. The maximum Gasteiger partial charge on any atom is 0.273 e. The van der Waals surface area contributed by atoms with Crippen LogP contribution in [0.5, 0.6) is 5.75 Å². The van der Waals surface area contributed by atoms with Crippen LogP contribution in [0, 0.1) is 13.8 Å². The molecule has 0 atom stereocenters. The molecule has 0 aliphatic carbocycles. The molecule has 0 fully saturated rings. The second-order valence-electron chi connectivity index (χ2n) is 4.84. The van der Waals surface area contributed by atoms with E-state index in [1.165, 1.54) is 0 Å². The van der Waals surface area contributed by atoms with Crippen molar-refractivity contribution in [2.24, 2.45) is 5.10 Å². The highest BCUT2D eigenvalue weighted by Gasteiger charge is 2.10. The second kappa shape index (κ2) is 5.80. The lowest BCUT2D eigenvalue weighted by Gasteiger charge is -2.03. The SMILES string of the molecule is COc1cccc(/C=N\n2cnnc2-n2nc(C)cc2C)c1. The Labute approximate surface area is 127 Å². The van der Waals surface area contributed by atoms with E-state index in [-0.39, 0.29) is 0 Å². The highest BCUT2D eigenvalue weighted by atomic mass is 16.5. The largest absolute Gasteiger partial charge is 0.497 e. The number of methoxy groups -OCH3 is 1. The third-order valence-electron chi connectivity index (χ3n) is 3.14. The van der Waals surface area contributed by atoms with Crippen molar-refractivity contribution in [3.8, 4) is 11.7 Å². The van der Waals surface area contributed by atoms with Crippen molar-refractivity contribution in [1.29, 1.82) is 0 Å². The van der Waals surface area contributed by atoms with Crippen LogP contribution in [0.3, 0.4) is 0 Å². The third kappa shape index (κ3) is 2.73. The summed E-state index contributed by atoms with van der Waals surface area (Å²) in [7, 11) is 1.64. The Hall–Kier alpha value is -2.96. The van der Waals surface area contributed by atoms with Crippen LogP contribution in [0.25, 0.3) is 5.95 Å². The van der Waals surface area contributed by atoms with Gasteiger partial charge in [0.25, 0.3) is 5.95 Å². The minimum Gasteiger partial charge on any atom is -0.497 e. The summed E-state index contributed by atoms with van der Waals surface area (Å²) in [6.45, 7) is 3.90. The quantitative estimate of drug-likeness (QED) is 0.690. The van der Waals surface area contributed by atoms with Crippen molar-refractivity contribution in [1.82, 2.24) is 24.7 Å². The van der Waals surface area contributed by atoms with Crippen LogP contribution in [-0.4, -0.2) is 38.0 Å². The molecular weight excluding hydrogens is 280 g/mol. The summed E-state index contributed by atoms with van der Waals surface area (Å²) < 4.78 is 8.49. The maximum atomic E-state index is 5.20. The van der Waals surface area contributed by atoms with Crippen molar-refractivity contribution in [2.45, 2.75) is 13.8 Å². The number of ether oxygens (including phenoxy) is 1. The van der Waals surface area contributed by atoms with Crippen LogP contribution in [-0.2, 0) is 0 Å². The van der Waals surface area contributed by atoms with E-state index >= 15 is 0 Å². The molecule has 2 aromatic heterocycles. The molecule has 1 aromatic carbocycles. The number of nitrogens with zero attached hydrogens (tertiary/aromatic N) is 6. The van der Waals surface area contributed by atoms with Crippen molar-refractivity contribution >= 4 is 6.21 Å². The molecule has 0 bridgehead atoms. The van der Waals surface area contributed by atoms with Gasteiger partial charge in [-0.25, -0.2) is 4.68 Å². The molecule has 0 saturated heterocycles. The Bertz CT molecular complexity index is 817. The number of rotatable bonds is 4. The van der Waals surface area contributed by atoms with Crippen LogP contribution in [0.1, 0.15) is 17.0 Å². The summed E-state index contributed by atoms with van der Waals surface area (Å²) in [5.74, 6) is 1.33. The molecule has 3 aromatic rings. The predicted molar refractivity (Wildman–Crippen MR) is 82.6 cm³/mol. The fourth-order valence-electron chi connectivity index (χ4n) is 2.13. The number of hydrogen-bond donors (Lipinski definition) is 0. The van der Waals surface area contributed by atoms with E-state index in [1.807, 2.05) is 44.2 Å². The zero-order valence-electron chi connectivity index (χ0n) is 12.6. The lowest BCUT2D eigenvalue weighted by atomic mass is 10.2. The Balaban J connectivity index is 1.92. The van der Waals surface area contributed by atoms with Gasteiger partial charge >= 0.3 is 0 Å². The van der Waals surface area contributed by atoms with Crippen molar-refractivity contribution in [3.05, 3.63) is 53.6 Å². The molecule has 0 amide bonds. The van der Waals surface area contributed by atoms with Gasteiger partial charge in [-0.3, -0.25) is 0 Å². The molecule has 22 heavy (non-hydrogen) atoms. The number of benzene rings is 1. The highest BCUT2D eigenvalue weighted by Crippen LogP contribution is 2.12. The molecular formula is C15H16N6O. The van der Waals surface area contributed by atoms with E-state index < -0.39 is 0 Å². The average molecular weight is 296 g/mol. The molecule has 0 N–H and O–H groups in total. The van der Waals surface area contributed by atoms with Crippen molar-refractivity contribution < 1.29 is 4.74 Å². The van der Waals surface area contributed by atoms with Gasteiger partial charge in [0.15, 0.2) is 0 Å². The summed E-state index contributed by atoms with van der Waals surface area (Å²) in [6.07, 6.45) is 3.27.